The molecule has 8 heteroatoms. The number of nitrogens with zero attached hydrogens (tertiary/aromatic N) is 2. The van der Waals surface area contributed by atoms with Crippen molar-refractivity contribution in [3.8, 4) is 17.2 Å². The van der Waals surface area contributed by atoms with E-state index in [1.807, 2.05) is 113 Å². The van der Waals surface area contributed by atoms with E-state index in [-0.39, 0.29) is 12.2 Å². The average molecular weight is 651 g/mol. The Kier molecular flexibility index (Phi) is 11.4. The Hall–Kier alpha value is -4.85. The van der Waals surface area contributed by atoms with E-state index < -0.39 is 11.6 Å². The number of carbonyl (C=O) groups is 2. The van der Waals surface area contributed by atoms with E-state index in [1.165, 1.54) is 0 Å². The predicted octanol–water partition coefficient (Wildman–Crippen LogP) is 8.86. The average Bonchev–Trinajstić information content (AvgIpc) is 3.06. The summed E-state index contributed by atoms with van der Waals surface area (Å²) in [5.74, 6) is 1.52. The Labute approximate surface area is 284 Å². The number of pyridine rings is 1. The molecule has 2 heterocycles. The zero-order chi connectivity index (χ0) is 34.1. The molecule has 5 rings (SSSR count). The van der Waals surface area contributed by atoms with Crippen LogP contribution in [0.3, 0.4) is 0 Å². The summed E-state index contributed by atoms with van der Waals surface area (Å²) in [5.41, 5.74) is 4.08. The third kappa shape index (κ3) is 9.37. The standard InChI is InChI=1S/C40H46N2O6/c1-6-14-34-37(45-27-29-15-9-7-10-16-29)36(38(43)47-32-21-23-42(24-22-32)39(44)48-40(3,4)5)28(2)35(41-34)26-30-17-13-20-33(25-30)46-31-18-11-8-12-19-31/h7-13,15-20,25,32H,6,14,21-24,26-27H2,1-5H3. The van der Waals surface area contributed by atoms with E-state index in [9.17, 15) is 9.59 Å². The van der Waals surface area contributed by atoms with Crippen molar-refractivity contribution in [1.29, 1.82) is 0 Å². The van der Waals surface area contributed by atoms with Crippen LogP contribution < -0.4 is 9.47 Å². The Morgan fingerprint density at radius 3 is 2.17 bits per heavy atom. The molecule has 0 unspecified atom stereocenters. The smallest absolute Gasteiger partial charge is 0.410 e. The van der Waals surface area contributed by atoms with E-state index in [4.69, 9.17) is 23.9 Å². The van der Waals surface area contributed by atoms with Gasteiger partial charge in [0.25, 0.3) is 0 Å². The number of aryl methyl sites for hydroxylation is 1. The Morgan fingerprint density at radius 2 is 1.50 bits per heavy atom. The number of amides is 1. The number of carbonyl (C=O) groups excluding carboxylic acids is 2. The van der Waals surface area contributed by atoms with Gasteiger partial charge in [0.2, 0.25) is 0 Å². The Morgan fingerprint density at radius 1 is 0.854 bits per heavy atom. The van der Waals surface area contributed by atoms with Gasteiger partial charge in [-0.25, -0.2) is 9.59 Å². The number of hydrogen-bond donors (Lipinski definition) is 0. The van der Waals surface area contributed by atoms with Crippen molar-refractivity contribution in [2.75, 3.05) is 13.1 Å². The van der Waals surface area contributed by atoms with E-state index >= 15 is 0 Å². The highest BCUT2D eigenvalue weighted by molar-refractivity contribution is 5.95. The van der Waals surface area contributed by atoms with Crippen LogP contribution in [0.1, 0.15) is 85.4 Å². The lowest BCUT2D eigenvalue weighted by molar-refractivity contribution is -0.00364. The van der Waals surface area contributed by atoms with Crippen LogP contribution in [0, 0.1) is 6.92 Å². The van der Waals surface area contributed by atoms with Crippen LogP contribution in [-0.2, 0) is 28.9 Å². The fourth-order valence-corrected chi connectivity index (χ4v) is 5.70. The minimum Gasteiger partial charge on any atom is -0.486 e. The normalized spacial score (nSPS) is 13.6. The molecule has 0 bridgehead atoms. The quantitative estimate of drug-likeness (QED) is 0.150. The lowest BCUT2D eigenvalue weighted by atomic mass is 9.98. The maximum absolute atomic E-state index is 14.1. The van der Waals surface area contributed by atoms with Gasteiger partial charge in [-0.1, -0.05) is 74.0 Å². The number of likely N-dealkylation sites (tertiary alicyclic amines) is 1. The molecule has 1 fully saturated rings. The SMILES string of the molecule is CCCc1nc(Cc2cccc(Oc3ccccc3)c2)c(C)c(C(=O)OC2CCN(C(=O)OC(C)(C)C)CC2)c1OCc1ccccc1. The molecule has 3 aromatic carbocycles. The first-order valence-electron chi connectivity index (χ1n) is 16.8. The molecule has 252 valence electrons. The van der Waals surface area contributed by atoms with Gasteiger partial charge in [-0.3, -0.25) is 4.98 Å². The molecule has 1 aliphatic rings. The summed E-state index contributed by atoms with van der Waals surface area (Å²) in [5, 5.41) is 0. The van der Waals surface area contributed by atoms with Gasteiger partial charge in [0.05, 0.1) is 5.69 Å². The number of para-hydroxylation sites is 1. The second kappa shape index (κ2) is 15.8. The van der Waals surface area contributed by atoms with Crippen LogP contribution in [-0.4, -0.2) is 46.7 Å². The van der Waals surface area contributed by atoms with Gasteiger partial charge in [0.15, 0.2) is 5.75 Å². The molecule has 8 nitrogen and oxygen atoms in total. The number of piperidine rings is 1. The van der Waals surface area contributed by atoms with Gasteiger partial charge in [0.1, 0.15) is 35.4 Å². The molecule has 1 saturated heterocycles. The minimum absolute atomic E-state index is 0.297. The summed E-state index contributed by atoms with van der Waals surface area (Å²) in [6.45, 7) is 10.8. The van der Waals surface area contributed by atoms with Crippen molar-refractivity contribution in [2.45, 2.75) is 85.0 Å². The van der Waals surface area contributed by atoms with Gasteiger partial charge in [-0.2, -0.15) is 0 Å². The number of benzene rings is 3. The fraction of sp³-hybridized carbons (Fsp3) is 0.375. The minimum atomic E-state index is -0.570. The summed E-state index contributed by atoms with van der Waals surface area (Å²) in [7, 11) is 0. The van der Waals surface area contributed by atoms with Crippen molar-refractivity contribution in [3.05, 3.63) is 119 Å². The molecule has 1 aromatic heterocycles. The number of rotatable bonds is 11. The van der Waals surface area contributed by atoms with Crippen molar-refractivity contribution in [3.63, 3.8) is 0 Å². The first-order chi connectivity index (χ1) is 23.1. The molecule has 1 amide bonds. The maximum Gasteiger partial charge on any atom is 0.410 e. The fourth-order valence-electron chi connectivity index (χ4n) is 5.70. The molecule has 4 aromatic rings. The van der Waals surface area contributed by atoms with Crippen molar-refractivity contribution in [2.24, 2.45) is 0 Å². The van der Waals surface area contributed by atoms with Gasteiger partial charge in [-0.15, -0.1) is 0 Å². The Bertz CT molecular complexity index is 1680. The van der Waals surface area contributed by atoms with E-state index in [0.29, 0.717) is 56.7 Å². The molecule has 0 spiro atoms. The molecule has 48 heavy (non-hydrogen) atoms. The highest BCUT2D eigenvalue weighted by atomic mass is 16.6. The van der Waals surface area contributed by atoms with Crippen molar-refractivity contribution < 1.29 is 28.5 Å². The molecule has 0 atom stereocenters. The first-order valence-corrected chi connectivity index (χ1v) is 16.8. The van der Waals surface area contributed by atoms with Crippen LogP contribution in [0.2, 0.25) is 0 Å². The molecular formula is C40H46N2O6. The second-order valence-corrected chi connectivity index (χ2v) is 13.2. The van der Waals surface area contributed by atoms with E-state index in [2.05, 4.69) is 6.92 Å². The van der Waals surface area contributed by atoms with E-state index in [1.54, 1.807) is 4.90 Å². The lowest BCUT2D eigenvalue weighted by Gasteiger charge is -2.33. The van der Waals surface area contributed by atoms with Crippen LogP contribution >= 0.6 is 0 Å². The number of hydrogen-bond acceptors (Lipinski definition) is 7. The summed E-state index contributed by atoms with van der Waals surface area (Å²) in [6.07, 6.45) is 2.34. The second-order valence-electron chi connectivity index (χ2n) is 13.2. The predicted molar refractivity (Wildman–Crippen MR) is 186 cm³/mol. The summed E-state index contributed by atoms with van der Waals surface area (Å²) >= 11 is 0. The van der Waals surface area contributed by atoms with Gasteiger partial charge in [-0.05, 0) is 75.1 Å². The molecule has 0 N–H and O–H groups in total. The van der Waals surface area contributed by atoms with Crippen LogP contribution in [0.25, 0.3) is 0 Å². The lowest BCUT2D eigenvalue weighted by Crippen LogP contribution is -2.43. The molecule has 0 saturated carbocycles. The number of esters is 1. The largest absolute Gasteiger partial charge is 0.486 e. The van der Waals surface area contributed by atoms with Crippen LogP contribution in [0.5, 0.6) is 17.2 Å². The number of aromatic nitrogens is 1. The van der Waals surface area contributed by atoms with Crippen molar-refractivity contribution in [1.82, 2.24) is 9.88 Å². The summed E-state index contributed by atoms with van der Waals surface area (Å²) < 4.78 is 24.2. The van der Waals surface area contributed by atoms with Gasteiger partial charge >= 0.3 is 12.1 Å². The zero-order valence-electron chi connectivity index (χ0n) is 28.7. The first kappa shape index (κ1) is 34.5. The monoisotopic (exact) mass is 650 g/mol. The molecule has 0 radical (unpaired) electrons. The van der Waals surface area contributed by atoms with Crippen LogP contribution in [0.4, 0.5) is 4.79 Å². The van der Waals surface area contributed by atoms with Gasteiger partial charge < -0.3 is 23.8 Å². The maximum atomic E-state index is 14.1. The Balaban J connectivity index is 1.41. The van der Waals surface area contributed by atoms with Crippen molar-refractivity contribution >= 4 is 12.1 Å². The highest BCUT2D eigenvalue weighted by Gasteiger charge is 2.31. The van der Waals surface area contributed by atoms with Crippen LogP contribution in [0.15, 0.2) is 84.9 Å². The third-order valence-corrected chi connectivity index (χ3v) is 8.10. The molecular weight excluding hydrogens is 604 g/mol. The summed E-state index contributed by atoms with van der Waals surface area (Å²) in [4.78, 5) is 33.5. The summed E-state index contributed by atoms with van der Waals surface area (Å²) in [6, 6.07) is 27.5. The van der Waals surface area contributed by atoms with E-state index in [0.717, 1.165) is 46.0 Å². The number of ether oxygens (including phenoxy) is 4. The topological polar surface area (TPSA) is 87.2 Å². The zero-order valence-corrected chi connectivity index (χ0v) is 28.7. The third-order valence-electron chi connectivity index (χ3n) is 8.10. The molecule has 1 aliphatic heterocycles. The van der Waals surface area contributed by atoms with Gasteiger partial charge in [0, 0.05) is 38.0 Å². The highest BCUT2D eigenvalue weighted by Crippen LogP contribution is 2.33. The molecule has 0 aliphatic carbocycles.